The van der Waals surface area contributed by atoms with Crippen molar-refractivity contribution >= 4 is 46.3 Å². The van der Waals surface area contributed by atoms with E-state index in [1.807, 2.05) is 29.8 Å². The van der Waals surface area contributed by atoms with Gasteiger partial charge in [0.15, 0.2) is 0 Å². The number of aromatic nitrogens is 3. The number of aryl methyl sites for hydroxylation is 1. The Kier molecular flexibility index (Phi) is 12.9. The van der Waals surface area contributed by atoms with Crippen molar-refractivity contribution in [2.75, 3.05) is 36.6 Å². The molecular weight excluding hydrogens is 638 g/mol. The summed E-state index contributed by atoms with van der Waals surface area (Å²) < 4.78 is 18.1. The van der Waals surface area contributed by atoms with Gasteiger partial charge >= 0.3 is 12.1 Å². The highest BCUT2D eigenvalue weighted by molar-refractivity contribution is 6.07. The van der Waals surface area contributed by atoms with Crippen molar-refractivity contribution in [3.63, 3.8) is 0 Å². The van der Waals surface area contributed by atoms with E-state index in [9.17, 15) is 14.4 Å². The molecule has 0 saturated carbocycles. The Labute approximate surface area is 291 Å². The van der Waals surface area contributed by atoms with E-state index in [1.165, 1.54) is 4.90 Å². The fourth-order valence-electron chi connectivity index (χ4n) is 5.60. The monoisotopic (exact) mass is 683 g/mol. The molecular formula is C37H45N7O6. The number of hydrogen-bond donors (Lipinski definition) is 2. The number of imidazole rings is 1. The average Bonchev–Trinajstić information content (AvgIpc) is 3.45. The lowest BCUT2D eigenvalue weighted by Crippen LogP contribution is -2.35. The number of nitrogens with one attached hydrogen (secondary N) is 1. The van der Waals surface area contributed by atoms with Gasteiger partial charge in [-0.15, -0.1) is 0 Å². The molecule has 2 aromatic heterocycles. The third-order valence-electron chi connectivity index (χ3n) is 8.46. The van der Waals surface area contributed by atoms with Crippen molar-refractivity contribution in [3.05, 3.63) is 83.8 Å². The summed E-state index contributed by atoms with van der Waals surface area (Å²) in [5, 5.41) is 3.36. The quantitative estimate of drug-likeness (QED) is 0.0682. The van der Waals surface area contributed by atoms with Gasteiger partial charge in [0.1, 0.15) is 23.6 Å². The number of carbonyl (C=O) groups excluding carboxylic acids is 3. The van der Waals surface area contributed by atoms with Gasteiger partial charge in [-0.1, -0.05) is 32.3 Å². The molecule has 1 fully saturated rings. The number of nitrogens with zero attached hydrogens (tertiary/aromatic N) is 5. The largest absolute Gasteiger partial charge is 0.462 e. The molecule has 264 valence electrons. The Morgan fingerprint density at radius 3 is 2.56 bits per heavy atom. The zero-order chi connectivity index (χ0) is 35.3. The first-order valence-corrected chi connectivity index (χ1v) is 17.1. The molecule has 3 heterocycles. The number of aliphatic imine (C=N–C) groups is 1. The standard InChI is InChI=1S/C37H45N7O6/c1-3-4-5-8-21-49-37(47)42-35(38)26-10-13-28(14-11-26)40-25-33-41-30-24-27(12-15-31(30)43(33)2)36(46)44(32-9-6-7-19-39-32)20-16-34(45)50-29-17-22-48-23-18-29/h6-7,9-15,19,24,29,40H,3-5,8,16-18,20-23,25H2,1-2H3,(H2,38,42,47). The Balaban J connectivity index is 1.21. The summed E-state index contributed by atoms with van der Waals surface area (Å²) in [5.41, 5.74) is 9.41. The van der Waals surface area contributed by atoms with Crippen LogP contribution in [-0.4, -0.2) is 70.8 Å². The first kappa shape index (κ1) is 36.0. The number of hydrogen-bond acceptors (Lipinski definition) is 9. The Hall–Kier alpha value is -5.30. The number of anilines is 2. The number of benzene rings is 2. The maximum atomic E-state index is 13.8. The predicted octanol–water partition coefficient (Wildman–Crippen LogP) is 5.76. The lowest BCUT2D eigenvalue weighted by atomic mass is 10.1. The summed E-state index contributed by atoms with van der Waals surface area (Å²) in [4.78, 5) is 53.0. The first-order valence-electron chi connectivity index (χ1n) is 17.1. The van der Waals surface area contributed by atoms with E-state index in [0.29, 0.717) is 61.7 Å². The van der Waals surface area contributed by atoms with Crippen LogP contribution in [0.15, 0.2) is 71.9 Å². The Morgan fingerprint density at radius 2 is 1.82 bits per heavy atom. The van der Waals surface area contributed by atoms with Crippen LogP contribution in [0.1, 0.15) is 73.6 Å². The molecule has 13 nitrogen and oxygen atoms in total. The second-order valence-corrected chi connectivity index (χ2v) is 12.1. The van der Waals surface area contributed by atoms with Crippen molar-refractivity contribution in [2.45, 2.75) is 64.5 Å². The number of nitrogens with two attached hydrogens (primary N) is 1. The van der Waals surface area contributed by atoms with Crippen molar-refractivity contribution in [1.29, 1.82) is 0 Å². The van der Waals surface area contributed by atoms with E-state index in [4.69, 9.17) is 24.9 Å². The second kappa shape index (κ2) is 17.9. The molecule has 2 aromatic carbocycles. The van der Waals surface area contributed by atoms with Crippen LogP contribution in [0.4, 0.5) is 16.3 Å². The molecule has 2 amide bonds. The van der Waals surface area contributed by atoms with Gasteiger partial charge in [0.25, 0.3) is 5.91 Å². The summed E-state index contributed by atoms with van der Waals surface area (Å²) in [7, 11) is 1.92. The maximum absolute atomic E-state index is 13.8. The molecule has 0 unspecified atom stereocenters. The molecule has 0 atom stereocenters. The van der Waals surface area contributed by atoms with Gasteiger partial charge in [-0.05, 0) is 61.0 Å². The Morgan fingerprint density at radius 1 is 1.04 bits per heavy atom. The van der Waals surface area contributed by atoms with E-state index < -0.39 is 6.09 Å². The molecule has 1 aliphatic heterocycles. The summed E-state index contributed by atoms with van der Waals surface area (Å²) in [5.74, 6) is 0.640. The normalized spacial score (nSPS) is 13.6. The number of ether oxygens (including phenoxy) is 3. The third kappa shape index (κ3) is 9.88. The highest BCUT2D eigenvalue weighted by Crippen LogP contribution is 2.22. The van der Waals surface area contributed by atoms with Gasteiger partial charge in [0, 0.05) is 49.4 Å². The SMILES string of the molecule is CCCCCCOC(=O)N=C(N)c1ccc(NCc2nc3cc(C(=O)N(CCC(=O)OC4CCOCC4)c4ccccn4)ccc3n2C)cc1. The predicted molar refractivity (Wildman–Crippen MR) is 191 cm³/mol. The first-order chi connectivity index (χ1) is 24.3. The lowest BCUT2D eigenvalue weighted by molar-refractivity contribution is -0.152. The number of carbonyl (C=O) groups is 3. The summed E-state index contributed by atoms with van der Waals surface area (Å²) in [6.45, 7) is 4.13. The van der Waals surface area contributed by atoms with Gasteiger partial charge in [-0.3, -0.25) is 14.5 Å². The van der Waals surface area contributed by atoms with Gasteiger partial charge in [-0.25, -0.2) is 14.8 Å². The summed E-state index contributed by atoms with van der Waals surface area (Å²) >= 11 is 0. The van der Waals surface area contributed by atoms with Crippen LogP contribution in [0.5, 0.6) is 0 Å². The number of amidine groups is 1. The zero-order valence-electron chi connectivity index (χ0n) is 28.7. The van der Waals surface area contributed by atoms with Crippen LogP contribution < -0.4 is 16.0 Å². The highest BCUT2D eigenvalue weighted by atomic mass is 16.6. The molecule has 5 rings (SSSR count). The van der Waals surface area contributed by atoms with Crippen molar-refractivity contribution in [3.8, 4) is 0 Å². The van der Waals surface area contributed by atoms with Gasteiger partial charge < -0.3 is 29.8 Å². The van der Waals surface area contributed by atoms with Crippen molar-refractivity contribution < 1.29 is 28.6 Å². The van der Waals surface area contributed by atoms with Gasteiger partial charge in [-0.2, -0.15) is 4.99 Å². The van der Waals surface area contributed by atoms with E-state index in [2.05, 4.69) is 22.2 Å². The van der Waals surface area contributed by atoms with Crippen LogP contribution in [0.2, 0.25) is 0 Å². The zero-order valence-corrected chi connectivity index (χ0v) is 28.7. The van der Waals surface area contributed by atoms with E-state index in [-0.39, 0.29) is 36.8 Å². The lowest BCUT2D eigenvalue weighted by Gasteiger charge is -2.24. The molecule has 1 aliphatic rings. The van der Waals surface area contributed by atoms with E-state index in [1.54, 1.807) is 48.7 Å². The number of fused-ring (bicyclic) bond motifs is 1. The molecule has 0 bridgehead atoms. The van der Waals surface area contributed by atoms with Crippen LogP contribution in [0.3, 0.4) is 0 Å². The molecule has 1 saturated heterocycles. The number of amides is 2. The Bertz CT molecular complexity index is 1770. The van der Waals surface area contributed by atoms with E-state index >= 15 is 0 Å². The molecule has 0 spiro atoms. The topological polar surface area (TPSA) is 163 Å². The number of esters is 1. The molecule has 3 N–H and O–H groups in total. The minimum atomic E-state index is -0.692. The van der Waals surface area contributed by atoms with Crippen LogP contribution in [-0.2, 0) is 32.6 Å². The minimum absolute atomic E-state index is 0.0351. The van der Waals surface area contributed by atoms with E-state index in [0.717, 1.165) is 42.7 Å². The fourth-order valence-corrected chi connectivity index (χ4v) is 5.60. The van der Waals surface area contributed by atoms with Crippen LogP contribution >= 0.6 is 0 Å². The van der Waals surface area contributed by atoms with Crippen LogP contribution in [0.25, 0.3) is 11.0 Å². The number of unbranched alkanes of at least 4 members (excludes halogenated alkanes) is 3. The van der Waals surface area contributed by atoms with Gasteiger partial charge in [0.05, 0.1) is 43.8 Å². The maximum Gasteiger partial charge on any atom is 0.435 e. The highest BCUT2D eigenvalue weighted by Gasteiger charge is 2.23. The molecule has 4 aromatic rings. The van der Waals surface area contributed by atoms with Gasteiger partial charge in [0.2, 0.25) is 0 Å². The minimum Gasteiger partial charge on any atom is -0.462 e. The molecule has 0 aliphatic carbocycles. The summed E-state index contributed by atoms with van der Waals surface area (Å²) in [6.07, 6.45) is 6.17. The number of pyridine rings is 1. The fraction of sp³-hybridized carbons (Fsp3) is 0.405. The smallest absolute Gasteiger partial charge is 0.435 e. The molecule has 50 heavy (non-hydrogen) atoms. The third-order valence-corrected chi connectivity index (χ3v) is 8.46. The summed E-state index contributed by atoms with van der Waals surface area (Å²) in [6, 6.07) is 17.9. The number of rotatable bonds is 15. The molecule has 13 heteroatoms. The van der Waals surface area contributed by atoms with Crippen molar-refractivity contribution in [2.24, 2.45) is 17.8 Å². The molecule has 0 radical (unpaired) electrons. The van der Waals surface area contributed by atoms with Crippen LogP contribution in [0, 0.1) is 0 Å². The second-order valence-electron chi connectivity index (χ2n) is 12.1. The van der Waals surface area contributed by atoms with Crippen molar-refractivity contribution in [1.82, 2.24) is 14.5 Å². The average molecular weight is 684 g/mol.